The van der Waals surface area contributed by atoms with Gasteiger partial charge in [0.15, 0.2) is 0 Å². The molecule has 0 fully saturated rings. The molecule has 0 bridgehead atoms. The molecule has 31 heavy (non-hydrogen) atoms. The minimum absolute atomic E-state index is 0.0281. The maximum Gasteiger partial charge on any atom is 0.338 e. The predicted octanol–water partition coefficient (Wildman–Crippen LogP) is 6.53. The summed E-state index contributed by atoms with van der Waals surface area (Å²) in [4.78, 5) is 31.3. The van der Waals surface area contributed by atoms with Crippen LogP contribution in [0.1, 0.15) is 107 Å². The van der Waals surface area contributed by atoms with Crippen LogP contribution in [0, 0.1) is 0 Å². The Morgan fingerprint density at radius 1 is 0.903 bits per heavy atom. The lowest BCUT2D eigenvalue weighted by molar-refractivity contribution is -0.140. The van der Waals surface area contributed by atoms with Gasteiger partial charge in [-0.05, 0) is 38.2 Å². The van der Waals surface area contributed by atoms with Crippen molar-refractivity contribution >= 4 is 11.9 Å². The van der Waals surface area contributed by atoms with Crippen molar-refractivity contribution < 1.29 is 23.8 Å². The first-order chi connectivity index (χ1) is 15.0. The molecule has 0 amide bonds. The Balaban J connectivity index is 0.000000743. The van der Waals surface area contributed by atoms with Crippen molar-refractivity contribution in [3.63, 3.8) is 0 Å². The number of aromatic carboxylic acids is 1. The second kappa shape index (κ2) is 20.9. The van der Waals surface area contributed by atoms with Crippen molar-refractivity contribution in [2.24, 2.45) is 0 Å². The summed E-state index contributed by atoms with van der Waals surface area (Å²) in [5.41, 5.74) is -0.579. The van der Waals surface area contributed by atoms with Gasteiger partial charge in [0.25, 0.3) is 0 Å². The lowest BCUT2D eigenvalue weighted by Gasteiger charge is -2.00. The lowest BCUT2D eigenvalue weighted by atomic mass is 10.1. The Kier molecular flexibility index (Phi) is 19.3. The molecule has 1 aromatic heterocycles. The van der Waals surface area contributed by atoms with Crippen LogP contribution in [0.2, 0.25) is 0 Å². The monoisotopic (exact) mass is 436 g/mol. The van der Waals surface area contributed by atoms with E-state index in [-0.39, 0.29) is 11.5 Å². The van der Waals surface area contributed by atoms with Gasteiger partial charge in [0.05, 0.1) is 12.7 Å². The molecule has 1 N–H and O–H groups in total. The minimum atomic E-state index is -1.11. The van der Waals surface area contributed by atoms with Crippen LogP contribution in [0.15, 0.2) is 39.8 Å². The first kappa shape index (κ1) is 28.6. The number of allylic oxidation sites excluding steroid dienone is 2. The topological polar surface area (TPSA) is 93.8 Å². The smallest absolute Gasteiger partial charge is 0.338 e. The van der Waals surface area contributed by atoms with Crippen molar-refractivity contribution in [3.8, 4) is 0 Å². The fourth-order valence-corrected chi connectivity index (χ4v) is 2.92. The van der Waals surface area contributed by atoms with Crippen LogP contribution in [0.5, 0.6) is 0 Å². The molecule has 0 aliphatic heterocycles. The second-order valence-electron chi connectivity index (χ2n) is 7.56. The Morgan fingerprint density at radius 3 is 1.94 bits per heavy atom. The van der Waals surface area contributed by atoms with Crippen molar-refractivity contribution in [1.29, 1.82) is 0 Å². The molecule has 1 rings (SSSR count). The van der Waals surface area contributed by atoms with E-state index >= 15 is 0 Å². The largest absolute Gasteiger partial charge is 0.478 e. The Morgan fingerprint density at radius 2 is 1.45 bits per heavy atom. The number of methoxy groups -OCH3 is 1. The molecule has 0 saturated heterocycles. The average Bonchev–Trinajstić information content (AvgIpc) is 2.77. The van der Waals surface area contributed by atoms with E-state index < -0.39 is 11.6 Å². The third-order valence-electron chi connectivity index (χ3n) is 4.82. The molecular weight excluding hydrogens is 396 g/mol. The van der Waals surface area contributed by atoms with Crippen LogP contribution in [0.4, 0.5) is 0 Å². The number of unbranched alkanes of at least 4 members (excludes halogenated alkanes) is 11. The fraction of sp³-hybridized carbons (Fsp3) is 0.640. The van der Waals surface area contributed by atoms with Crippen LogP contribution in [-0.2, 0) is 9.53 Å². The summed E-state index contributed by atoms with van der Waals surface area (Å²) in [5, 5.41) is 8.31. The number of carboxylic acids is 1. The number of carbonyl (C=O) groups excluding carboxylic acids is 1. The zero-order chi connectivity index (χ0) is 23.2. The van der Waals surface area contributed by atoms with E-state index in [9.17, 15) is 14.4 Å². The zero-order valence-electron chi connectivity index (χ0n) is 19.3. The highest BCUT2D eigenvalue weighted by Gasteiger charge is 2.01. The first-order valence-corrected chi connectivity index (χ1v) is 11.5. The number of ether oxygens (including phenoxy) is 1. The molecule has 0 spiro atoms. The summed E-state index contributed by atoms with van der Waals surface area (Å²) < 4.78 is 8.90. The van der Waals surface area contributed by atoms with E-state index in [0.29, 0.717) is 6.42 Å². The Labute approximate surface area is 186 Å². The zero-order valence-corrected chi connectivity index (χ0v) is 19.3. The highest BCUT2D eigenvalue weighted by Crippen LogP contribution is 2.10. The van der Waals surface area contributed by atoms with Gasteiger partial charge in [0.1, 0.15) is 6.26 Å². The van der Waals surface area contributed by atoms with Crippen molar-refractivity contribution in [2.45, 2.75) is 96.8 Å². The van der Waals surface area contributed by atoms with Gasteiger partial charge in [-0.3, -0.25) is 4.79 Å². The number of esters is 1. The van der Waals surface area contributed by atoms with Gasteiger partial charge in [0, 0.05) is 12.5 Å². The third-order valence-corrected chi connectivity index (χ3v) is 4.82. The van der Waals surface area contributed by atoms with E-state index in [2.05, 4.69) is 28.2 Å². The number of hydrogen-bond acceptors (Lipinski definition) is 5. The Hall–Kier alpha value is -2.37. The number of carboxylic acid groups (broad SMARTS) is 1. The van der Waals surface area contributed by atoms with Gasteiger partial charge in [0.2, 0.25) is 0 Å². The summed E-state index contributed by atoms with van der Waals surface area (Å²) in [6.07, 6.45) is 22.9. The second-order valence-corrected chi connectivity index (χ2v) is 7.56. The van der Waals surface area contributed by atoms with E-state index in [4.69, 9.17) is 5.11 Å². The summed E-state index contributed by atoms with van der Waals surface area (Å²) in [5.74, 6) is -1.18. The summed E-state index contributed by atoms with van der Waals surface area (Å²) in [6.45, 7) is 2.27. The van der Waals surface area contributed by atoms with Gasteiger partial charge >= 0.3 is 17.6 Å². The molecule has 0 aliphatic carbocycles. The first-order valence-electron chi connectivity index (χ1n) is 11.5. The van der Waals surface area contributed by atoms with Crippen molar-refractivity contribution in [1.82, 2.24) is 0 Å². The number of hydrogen-bond donors (Lipinski definition) is 1. The average molecular weight is 437 g/mol. The van der Waals surface area contributed by atoms with E-state index in [1.54, 1.807) is 0 Å². The van der Waals surface area contributed by atoms with Crippen molar-refractivity contribution in [2.75, 3.05) is 7.11 Å². The van der Waals surface area contributed by atoms with E-state index in [1.165, 1.54) is 83.8 Å². The van der Waals surface area contributed by atoms with Crippen LogP contribution in [0.3, 0.4) is 0 Å². The molecule has 6 nitrogen and oxygen atoms in total. The third kappa shape index (κ3) is 19.3. The fourth-order valence-electron chi connectivity index (χ4n) is 2.92. The molecule has 0 saturated carbocycles. The lowest BCUT2D eigenvalue weighted by Crippen LogP contribution is -2.00. The molecule has 0 aromatic carbocycles. The van der Waals surface area contributed by atoms with E-state index in [1.807, 2.05) is 0 Å². The van der Waals surface area contributed by atoms with Gasteiger partial charge in [-0.15, -0.1) is 0 Å². The number of carbonyl (C=O) groups is 2. The molecule has 0 unspecified atom stereocenters. The normalized spacial score (nSPS) is 10.5. The molecule has 1 heterocycles. The highest BCUT2D eigenvalue weighted by molar-refractivity contribution is 5.86. The molecule has 176 valence electrons. The minimum Gasteiger partial charge on any atom is -0.478 e. The van der Waals surface area contributed by atoms with Gasteiger partial charge < -0.3 is 14.3 Å². The predicted molar refractivity (Wildman–Crippen MR) is 123 cm³/mol. The van der Waals surface area contributed by atoms with Crippen LogP contribution >= 0.6 is 0 Å². The summed E-state index contributed by atoms with van der Waals surface area (Å²) in [7, 11) is 1.46. The molecule has 1 aromatic rings. The maximum absolute atomic E-state index is 10.9. The summed E-state index contributed by atoms with van der Waals surface area (Å²) in [6, 6.07) is 2.25. The highest BCUT2D eigenvalue weighted by atomic mass is 16.5. The van der Waals surface area contributed by atoms with Gasteiger partial charge in [-0.25, -0.2) is 9.59 Å². The quantitative estimate of drug-likeness (QED) is 0.180. The molecular formula is C25H40O6. The van der Waals surface area contributed by atoms with Crippen LogP contribution in [0.25, 0.3) is 0 Å². The maximum atomic E-state index is 10.9. The molecule has 0 aliphatic rings. The molecule has 6 heteroatoms. The van der Waals surface area contributed by atoms with Crippen molar-refractivity contribution in [3.05, 3.63) is 46.5 Å². The summed E-state index contributed by atoms with van der Waals surface area (Å²) >= 11 is 0. The molecule has 0 atom stereocenters. The SMILES string of the molecule is CCCCCCCC/C=C\CCCCCCCC(=O)OC.O=C(O)c1ccc(=O)oc1. The van der Waals surface area contributed by atoms with Crippen LogP contribution < -0.4 is 5.63 Å². The number of rotatable bonds is 16. The molecule has 0 radical (unpaired) electrons. The van der Waals surface area contributed by atoms with Crippen LogP contribution in [-0.4, -0.2) is 24.2 Å². The van der Waals surface area contributed by atoms with E-state index in [0.717, 1.165) is 25.2 Å². The van der Waals surface area contributed by atoms with Gasteiger partial charge in [-0.2, -0.15) is 0 Å². The Bertz CT molecular complexity index is 642. The van der Waals surface area contributed by atoms with Gasteiger partial charge in [-0.1, -0.05) is 70.4 Å². The standard InChI is InChI=1S/C19H36O2.C6H4O4/c1-3-4-5-6-7-8-9-10-11-12-13-14-15-16-17-18-19(20)21-2;7-5-2-1-4(3-10-5)6(8)9/h10-11H,3-9,12-18H2,1-2H3;1-3H,(H,8,9)/b11-10-;.